The number of aromatic nitrogens is 3. The van der Waals surface area contributed by atoms with Crippen LogP contribution in [0, 0.1) is 0 Å². The number of hydrogen-bond acceptors (Lipinski definition) is 4. The van der Waals surface area contributed by atoms with E-state index in [0.29, 0.717) is 28.8 Å². The quantitative estimate of drug-likeness (QED) is 0.804. The SMILES string of the molecule is CCc1ccc(OCc2nnc3c(N)cc(Cl)cn23)cc1. The van der Waals surface area contributed by atoms with Crippen LogP contribution in [0.2, 0.25) is 5.02 Å². The molecule has 0 aliphatic heterocycles. The molecule has 3 rings (SSSR count). The Morgan fingerprint density at radius 2 is 2.00 bits per heavy atom. The van der Waals surface area contributed by atoms with Gasteiger partial charge in [-0.25, -0.2) is 0 Å². The van der Waals surface area contributed by atoms with Crippen LogP contribution >= 0.6 is 11.6 Å². The molecule has 0 fully saturated rings. The fourth-order valence-electron chi connectivity index (χ4n) is 2.10. The Hall–Kier alpha value is -2.27. The van der Waals surface area contributed by atoms with Crippen molar-refractivity contribution < 1.29 is 4.74 Å². The summed E-state index contributed by atoms with van der Waals surface area (Å²) >= 11 is 6.01. The van der Waals surface area contributed by atoms with Crippen LogP contribution < -0.4 is 10.5 Å². The number of ether oxygens (including phenoxy) is 1. The second-order valence-corrected chi connectivity index (χ2v) is 5.15. The second-order valence-electron chi connectivity index (χ2n) is 4.71. The van der Waals surface area contributed by atoms with Gasteiger partial charge in [-0.05, 0) is 30.2 Å². The lowest BCUT2D eigenvalue weighted by molar-refractivity contribution is 0.294. The summed E-state index contributed by atoms with van der Waals surface area (Å²) in [7, 11) is 0. The maximum Gasteiger partial charge on any atom is 0.184 e. The molecule has 2 N–H and O–H groups in total. The molecule has 0 aliphatic rings. The summed E-state index contributed by atoms with van der Waals surface area (Å²) in [5.41, 5.74) is 8.21. The molecule has 0 radical (unpaired) electrons. The molecule has 21 heavy (non-hydrogen) atoms. The highest BCUT2D eigenvalue weighted by Gasteiger charge is 2.09. The third-order valence-corrected chi connectivity index (χ3v) is 3.48. The minimum absolute atomic E-state index is 0.298. The fourth-order valence-corrected chi connectivity index (χ4v) is 2.31. The minimum atomic E-state index is 0.298. The van der Waals surface area contributed by atoms with Crippen molar-refractivity contribution >= 4 is 22.9 Å². The summed E-state index contributed by atoms with van der Waals surface area (Å²) in [6.45, 7) is 2.42. The zero-order chi connectivity index (χ0) is 14.8. The summed E-state index contributed by atoms with van der Waals surface area (Å²) in [6.07, 6.45) is 2.74. The summed E-state index contributed by atoms with van der Waals surface area (Å²) < 4.78 is 7.48. The van der Waals surface area contributed by atoms with E-state index in [2.05, 4.69) is 17.1 Å². The lowest BCUT2D eigenvalue weighted by Gasteiger charge is -2.06. The van der Waals surface area contributed by atoms with Crippen molar-refractivity contribution in [2.45, 2.75) is 20.0 Å². The Morgan fingerprint density at radius 3 is 2.71 bits per heavy atom. The molecule has 0 amide bonds. The molecule has 0 saturated heterocycles. The molecule has 0 aliphatic carbocycles. The molecule has 5 nitrogen and oxygen atoms in total. The number of nitrogens with zero attached hydrogens (tertiary/aromatic N) is 3. The number of hydrogen-bond donors (Lipinski definition) is 1. The van der Waals surface area contributed by atoms with Gasteiger partial charge in [0.05, 0.1) is 10.7 Å². The molecule has 6 heteroatoms. The topological polar surface area (TPSA) is 65.4 Å². The van der Waals surface area contributed by atoms with Crippen molar-refractivity contribution in [3.63, 3.8) is 0 Å². The number of rotatable bonds is 4. The summed E-state index contributed by atoms with van der Waals surface area (Å²) in [4.78, 5) is 0. The van der Waals surface area contributed by atoms with E-state index >= 15 is 0 Å². The Morgan fingerprint density at radius 1 is 1.24 bits per heavy atom. The number of pyridine rings is 1. The van der Waals surface area contributed by atoms with E-state index in [1.807, 2.05) is 24.3 Å². The summed E-state index contributed by atoms with van der Waals surface area (Å²) in [5, 5.41) is 8.68. The molecule has 1 aromatic carbocycles. The van der Waals surface area contributed by atoms with Gasteiger partial charge in [0.1, 0.15) is 12.4 Å². The van der Waals surface area contributed by atoms with Crippen LogP contribution in [0.25, 0.3) is 5.65 Å². The van der Waals surface area contributed by atoms with Crippen molar-refractivity contribution in [1.29, 1.82) is 0 Å². The van der Waals surface area contributed by atoms with Crippen LogP contribution in [-0.4, -0.2) is 14.6 Å². The van der Waals surface area contributed by atoms with Gasteiger partial charge in [0.15, 0.2) is 11.5 Å². The van der Waals surface area contributed by atoms with Crippen molar-refractivity contribution in [1.82, 2.24) is 14.6 Å². The first kappa shape index (κ1) is 13.7. The Bertz CT molecular complexity index is 767. The first-order chi connectivity index (χ1) is 10.2. The van der Waals surface area contributed by atoms with Crippen molar-refractivity contribution in [3.8, 4) is 5.75 Å². The van der Waals surface area contributed by atoms with Gasteiger partial charge in [-0.3, -0.25) is 4.40 Å². The van der Waals surface area contributed by atoms with Crippen LogP contribution in [0.1, 0.15) is 18.3 Å². The van der Waals surface area contributed by atoms with Crippen LogP contribution in [0.4, 0.5) is 5.69 Å². The number of benzene rings is 1. The lowest BCUT2D eigenvalue weighted by Crippen LogP contribution is -2.02. The Kier molecular flexibility index (Phi) is 3.66. The highest BCUT2D eigenvalue weighted by Crippen LogP contribution is 2.20. The van der Waals surface area contributed by atoms with Gasteiger partial charge in [0.25, 0.3) is 0 Å². The summed E-state index contributed by atoms with van der Waals surface area (Å²) in [5.74, 6) is 1.44. The summed E-state index contributed by atoms with van der Waals surface area (Å²) in [6, 6.07) is 9.64. The van der Waals surface area contributed by atoms with Gasteiger partial charge < -0.3 is 10.5 Å². The van der Waals surface area contributed by atoms with E-state index in [1.54, 1.807) is 16.7 Å². The van der Waals surface area contributed by atoms with Crippen LogP contribution in [-0.2, 0) is 13.0 Å². The van der Waals surface area contributed by atoms with Crippen molar-refractivity contribution in [2.75, 3.05) is 5.73 Å². The van der Waals surface area contributed by atoms with E-state index in [0.717, 1.165) is 12.2 Å². The maximum absolute atomic E-state index is 6.01. The largest absolute Gasteiger partial charge is 0.486 e. The van der Waals surface area contributed by atoms with E-state index in [9.17, 15) is 0 Å². The van der Waals surface area contributed by atoms with Gasteiger partial charge in [-0.15, -0.1) is 10.2 Å². The average Bonchev–Trinajstić information content (AvgIpc) is 2.89. The number of fused-ring (bicyclic) bond motifs is 1. The maximum atomic E-state index is 6.01. The molecule has 108 valence electrons. The predicted molar refractivity (Wildman–Crippen MR) is 82.6 cm³/mol. The number of aryl methyl sites for hydroxylation is 1. The van der Waals surface area contributed by atoms with Crippen LogP contribution in [0.3, 0.4) is 0 Å². The normalized spacial score (nSPS) is 11.0. The number of nitrogens with two attached hydrogens (primary N) is 1. The third-order valence-electron chi connectivity index (χ3n) is 3.27. The number of nitrogen functional groups attached to an aromatic ring is 1. The smallest absolute Gasteiger partial charge is 0.184 e. The Balaban J connectivity index is 1.81. The van der Waals surface area contributed by atoms with Gasteiger partial charge in [0, 0.05) is 6.20 Å². The van der Waals surface area contributed by atoms with Gasteiger partial charge in [-0.2, -0.15) is 0 Å². The molecule has 3 aromatic rings. The first-order valence-electron chi connectivity index (χ1n) is 6.67. The van der Waals surface area contributed by atoms with E-state index in [1.165, 1.54) is 5.56 Å². The van der Waals surface area contributed by atoms with E-state index < -0.39 is 0 Å². The molecule has 0 unspecified atom stereocenters. The van der Waals surface area contributed by atoms with Gasteiger partial charge >= 0.3 is 0 Å². The van der Waals surface area contributed by atoms with E-state index in [-0.39, 0.29) is 0 Å². The zero-order valence-electron chi connectivity index (χ0n) is 11.6. The van der Waals surface area contributed by atoms with Gasteiger partial charge in [-0.1, -0.05) is 30.7 Å². The fraction of sp³-hybridized carbons (Fsp3) is 0.200. The monoisotopic (exact) mass is 302 g/mol. The van der Waals surface area contributed by atoms with Crippen LogP contribution in [0.15, 0.2) is 36.5 Å². The molecule has 2 heterocycles. The number of halogens is 1. The predicted octanol–water partition coefficient (Wildman–Crippen LogP) is 3.11. The third kappa shape index (κ3) is 2.78. The highest BCUT2D eigenvalue weighted by molar-refractivity contribution is 6.30. The van der Waals surface area contributed by atoms with Crippen molar-refractivity contribution in [2.24, 2.45) is 0 Å². The van der Waals surface area contributed by atoms with Crippen molar-refractivity contribution in [3.05, 3.63) is 52.9 Å². The molecule has 0 bridgehead atoms. The molecular weight excluding hydrogens is 288 g/mol. The van der Waals surface area contributed by atoms with Crippen LogP contribution in [0.5, 0.6) is 5.75 Å². The molecular formula is C15H15ClN4O. The van der Waals surface area contributed by atoms with Gasteiger partial charge in [0.2, 0.25) is 0 Å². The standard InChI is InChI=1S/C15H15ClN4O/c1-2-10-3-5-12(6-4-10)21-9-14-18-19-15-13(17)7-11(16)8-20(14)15/h3-8H,2,9,17H2,1H3. The zero-order valence-corrected chi connectivity index (χ0v) is 12.3. The molecule has 0 saturated carbocycles. The highest BCUT2D eigenvalue weighted by atomic mass is 35.5. The lowest BCUT2D eigenvalue weighted by atomic mass is 10.2. The average molecular weight is 303 g/mol. The number of anilines is 1. The Labute approximate surface area is 127 Å². The van der Waals surface area contributed by atoms with E-state index in [4.69, 9.17) is 22.1 Å². The molecule has 0 atom stereocenters. The minimum Gasteiger partial charge on any atom is -0.486 e. The molecule has 0 spiro atoms. The first-order valence-corrected chi connectivity index (χ1v) is 7.05. The second kappa shape index (κ2) is 5.61. The molecule has 2 aromatic heterocycles.